The monoisotopic (exact) mass is 394 g/mol. The number of anilines is 1. The molecule has 3 atom stereocenters. The van der Waals surface area contributed by atoms with Crippen LogP contribution in [0.5, 0.6) is 0 Å². The van der Waals surface area contributed by atoms with Crippen LogP contribution >= 0.6 is 15.9 Å². The molecule has 1 aliphatic rings. The Morgan fingerprint density at radius 1 is 1.54 bits per heavy atom. The standard InChI is InChI=1S/C17H23BrN4O2/c1-9(2)17(16(23)24)6-4-5-11(10(17)3)15-21-13(18)12-14(19)20-7-8-22(12)15/h7-11H,4-6H2,1-3H3,(H2,19,20)(H,23,24)/t10?,11-,17+/m0/s1. The van der Waals surface area contributed by atoms with Gasteiger partial charge in [0, 0.05) is 18.3 Å². The van der Waals surface area contributed by atoms with Gasteiger partial charge in [0.2, 0.25) is 0 Å². The van der Waals surface area contributed by atoms with Crippen molar-refractivity contribution >= 4 is 33.2 Å². The minimum Gasteiger partial charge on any atom is -0.481 e. The zero-order valence-electron chi connectivity index (χ0n) is 14.2. The zero-order chi connectivity index (χ0) is 17.6. The minimum absolute atomic E-state index is 0.0179. The summed E-state index contributed by atoms with van der Waals surface area (Å²) in [6, 6.07) is 0. The molecule has 1 saturated carbocycles. The first-order chi connectivity index (χ1) is 11.3. The Bertz CT molecular complexity index is 788. The lowest BCUT2D eigenvalue weighted by atomic mass is 9.57. The van der Waals surface area contributed by atoms with Crippen molar-refractivity contribution in [3.63, 3.8) is 0 Å². The summed E-state index contributed by atoms with van der Waals surface area (Å²) in [4.78, 5) is 21.0. The second-order valence-electron chi connectivity index (χ2n) is 7.08. The molecule has 2 aromatic rings. The number of hydrogen-bond donors (Lipinski definition) is 2. The number of imidazole rings is 1. The van der Waals surface area contributed by atoms with Crippen LogP contribution in [0.4, 0.5) is 5.82 Å². The van der Waals surface area contributed by atoms with Gasteiger partial charge in [-0.05, 0) is 40.6 Å². The van der Waals surface area contributed by atoms with Crippen molar-refractivity contribution in [2.45, 2.75) is 46.0 Å². The topological polar surface area (TPSA) is 93.5 Å². The van der Waals surface area contributed by atoms with E-state index in [0.717, 1.165) is 24.2 Å². The van der Waals surface area contributed by atoms with Crippen LogP contribution in [0.2, 0.25) is 0 Å². The van der Waals surface area contributed by atoms with E-state index in [0.29, 0.717) is 16.8 Å². The van der Waals surface area contributed by atoms with Gasteiger partial charge in [0.25, 0.3) is 0 Å². The fourth-order valence-electron chi connectivity index (χ4n) is 4.47. The van der Waals surface area contributed by atoms with E-state index < -0.39 is 11.4 Å². The van der Waals surface area contributed by atoms with E-state index >= 15 is 0 Å². The normalized spacial score (nSPS) is 27.7. The maximum Gasteiger partial charge on any atom is 0.310 e. The number of nitrogens with zero attached hydrogens (tertiary/aromatic N) is 3. The highest BCUT2D eigenvalue weighted by molar-refractivity contribution is 9.10. The smallest absolute Gasteiger partial charge is 0.310 e. The number of nitrogens with two attached hydrogens (primary N) is 1. The van der Waals surface area contributed by atoms with Gasteiger partial charge in [-0.2, -0.15) is 0 Å². The molecule has 1 fully saturated rings. The van der Waals surface area contributed by atoms with E-state index in [4.69, 9.17) is 5.73 Å². The Hall–Kier alpha value is -1.63. The quantitative estimate of drug-likeness (QED) is 0.827. The van der Waals surface area contributed by atoms with E-state index in [-0.39, 0.29) is 17.8 Å². The van der Waals surface area contributed by atoms with Gasteiger partial charge in [-0.3, -0.25) is 9.20 Å². The van der Waals surface area contributed by atoms with Gasteiger partial charge in [-0.1, -0.05) is 27.2 Å². The highest BCUT2D eigenvalue weighted by Gasteiger charge is 2.52. The van der Waals surface area contributed by atoms with Crippen molar-refractivity contribution in [2.24, 2.45) is 17.3 Å². The van der Waals surface area contributed by atoms with Gasteiger partial charge in [0.05, 0.1) is 5.41 Å². The summed E-state index contributed by atoms with van der Waals surface area (Å²) in [7, 11) is 0. The molecule has 0 saturated heterocycles. The van der Waals surface area contributed by atoms with Crippen LogP contribution in [0.1, 0.15) is 51.8 Å². The van der Waals surface area contributed by atoms with E-state index in [2.05, 4.69) is 32.8 Å². The van der Waals surface area contributed by atoms with Crippen LogP contribution in [0, 0.1) is 17.3 Å². The molecule has 1 aliphatic carbocycles. The number of carboxylic acid groups (broad SMARTS) is 1. The fraction of sp³-hybridized carbons (Fsp3) is 0.588. The number of aliphatic carboxylic acids is 1. The molecule has 130 valence electrons. The Labute approximate surface area is 149 Å². The summed E-state index contributed by atoms with van der Waals surface area (Å²) in [5.41, 5.74) is 6.01. The SMILES string of the molecule is CC(C)[C@]1(C(=O)O)CCC[C@H](c2nc(Br)c3c(N)nccn23)C1C. The second-order valence-corrected chi connectivity index (χ2v) is 7.83. The van der Waals surface area contributed by atoms with Gasteiger partial charge in [-0.25, -0.2) is 9.97 Å². The third-order valence-corrected chi connectivity index (χ3v) is 6.40. The molecule has 0 aliphatic heterocycles. The zero-order valence-corrected chi connectivity index (χ0v) is 15.7. The number of nitrogen functional groups attached to an aromatic ring is 1. The van der Waals surface area contributed by atoms with Gasteiger partial charge in [-0.15, -0.1) is 0 Å². The van der Waals surface area contributed by atoms with E-state index in [1.807, 2.05) is 24.4 Å². The lowest BCUT2D eigenvalue weighted by Gasteiger charge is -2.46. The molecule has 2 aromatic heterocycles. The van der Waals surface area contributed by atoms with Crippen molar-refractivity contribution in [2.75, 3.05) is 5.73 Å². The van der Waals surface area contributed by atoms with Crippen molar-refractivity contribution < 1.29 is 9.90 Å². The van der Waals surface area contributed by atoms with Crippen LogP contribution in [0.15, 0.2) is 17.0 Å². The molecule has 1 unspecified atom stereocenters. The third kappa shape index (κ3) is 2.32. The molecule has 24 heavy (non-hydrogen) atoms. The first-order valence-electron chi connectivity index (χ1n) is 8.32. The number of carbonyl (C=O) groups is 1. The molecular formula is C17H23BrN4O2. The van der Waals surface area contributed by atoms with Crippen molar-refractivity contribution in [1.82, 2.24) is 14.4 Å². The van der Waals surface area contributed by atoms with Gasteiger partial charge >= 0.3 is 5.97 Å². The predicted octanol–water partition coefficient (Wildman–Crippen LogP) is 3.70. The Morgan fingerprint density at radius 3 is 2.88 bits per heavy atom. The first kappa shape index (κ1) is 17.2. The molecule has 2 heterocycles. The molecule has 0 bridgehead atoms. The number of hydrogen-bond acceptors (Lipinski definition) is 4. The summed E-state index contributed by atoms with van der Waals surface area (Å²) < 4.78 is 2.61. The number of rotatable bonds is 3. The molecule has 3 rings (SSSR count). The highest BCUT2D eigenvalue weighted by atomic mass is 79.9. The maximum atomic E-state index is 12.2. The lowest BCUT2D eigenvalue weighted by molar-refractivity contribution is -0.160. The molecule has 0 radical (unpaired) electrons. The fourth-order valence-corrected chi connectivity index (χ4v) is 5.05. The Kier molecular flexibility index (Phi) is 4.32. The van der Waals surface area contributed by atoms with E-state index in [9.17, 15) is 9.90 Å². The molecule has 7 heteroatoms. The summed E-state index contributed by atoms with van der Waals surface area (Å²) in [5.74, 6) is 0.697. The first-order valence-corrected chi connectivity index (χ1v) is 9.11. The van der Waals surface area contributed by atoms with Gasteiger partial charge in [0.15, 0.2) is 5.82 Å². The van der Waals surface area contributed by atoms with Gasteiger partial charge < -0.3 is 10.8 Å². The van der Waals surface area contributed by atoms with Crippen molar-refractivity contribution in [3.05, 3.63) is 22.8 Å². The second kappa shape index (κ2) is 6.02. The number of halogens is 1. The summed E-state index contributed by atoms with van der Waals surface area (Å²) >= 11 is 3.47. The number of carboxylic acids is 1. The maximum absolute atomic E-state index is 12.2. The van der Waals surface area contributed by atoms with Crippen LogP contribution in [0.25, 0.3) is 5.52 Å². The summed E-state index contributed by atoms with van der Waals surface area (Å²) in [5, 5.41) is 9.99. The highest BCUT2D eigenvalue weighted by Crippen LogP contribution is 2.52. The van der Waals surface area contributed by atoms with Gasteiger partial charge in [0.1, 0.15) is 15.9 Å². The van der Waals surface area contributed by atoms with Crippen LogP contribution in [0.3, 0.4) is 0 Å². The van der Waals surface area contributed by atoms with E-state index in [1.165, 1.54) is 0 Å². The average molecular weight is 395 g/mol. The Balaban J connectivity index is 2.13. The average Bonchev–Trinajstić information content (AvgIpc) is 2.85. The Morgan fingerprint density at radius 2 is 2.25 bits per heavy atom. The summed E-state index contributed by atoms with van der Waals surface area (Å²) in [6.07, 6.45) is 6.02. The van der Waals surface area contributed by atoms with Crippen LogP contribution in [-0.4, -0.2) is 25.4 Å². The largest absolute Gasteiger partial charge is 0.481 e. The molecule has 6 nitrogen and oxygen atoms in total. The molecular weight excluding hydrogens is 372 g/mol. The number of aromatic nitrogens is 3. The number of fused-ring (bicyclic) bond motifs is 1. The lowest BCUT2D eigenvalue weighted by Crippen LogP contribution is -2.47. The molecule has 3 N–H and O–H groups in total. The van der Waals surface area contributed by atoms with Crippen molar-refractivity contribution in [1.29, 1.82) is 0 Å². The van der Waals surface area contributed by atoms with E-state index in [1.54, 1.807) is 6.20 Å². The molecule has 0 spiro atoms. The van der Waals surface area contributed by atoms with Crippen LogP contribution in [-0.2, 0) is 4.79 Å². The van der Waals surface area contributed by atoms with Crippen molar-refractivity contribution in [3.8, 4) is 0 Å². The third-order valence-electron chi connectivity index (χ3n) is 5.85. The predicted molar refractivity (Wildman–Crippen MR) is 95.8 cm³/mol. The van der Waals surface area contributed by atoms with Crippen LogP contribution < -0.4 is 5.73 Å². The molecule has 0 aromatic carbocycles. The molecule has 0 amide bonds. The minimum atomic E-state index is -0.722. The summed E-state index contributed by atoms with van der Waals surface area (Å²) in [6.45, 7) is 6.07.